The number of pyridine rings is 1. The zero-order chi connectivity index (χ0) is 14.7. The predicted molar refractivity (Wildman–Crippen MR) is 83.1 cm³/mol. The van der Waals surface area contributed by atoms with E-state index in [4.69, 9.17) is 9.47 Å². The van der Waals surface area contributed by atoms with Crippen molar-refractivity contribution in [2.45, 2.75) is 0 Å². The molecule has 0 aliphatic carbocycles. The van der Waals surface area contributed by atoms with Gasteiger partial charge in [0.25, 0.3) is 0 Å². The van der Waals surface area contributed by atoms with E-state index in [1.165, 1.54) is 5.56 Å². The van der Waals surface area contributed by atoms with Gasteiger partial charge < -0.3 is 9.47 Å². The van der Waals surface area contributed by atoms with Gasteiger partial charge in [-0.15, -0.1) is 0 Å². The molecule has 21 heavy (non-hydrogen) atoms. The minimum absolute atomic E-state index is 0.594. The second-order valence-electron chi connectivity index (χ2n) is 5.04. The summed E-state index contributed by atoms with van der Waals surface area (Å²) in [5.41, 5.74) is 3.37. The fraction of sp³-hybridized carbons (Fsp3) is 0.167. The Hall–Kier alpha value is -2.55. The summed E-state index contributed by atoms with van der Waals surface area (Å²) in [6.45, 7) is 0.594. The van der Waals surface area contributed by atoms with E-state index >= 15 is 0 Å². The molecule has 106 valence electrons. The average Bonchev–Trinajstić information content (AvgIpc) is 2.53. The van der Waals surface area contributed by atoms with E-state index in [0.717, 1.165) is 22.6 Å². The van der Waals surface area contributed by atoms with E-state index in [0.29, 0.717) is 6.61 Å². The Morgan fingerprint density at radius 2 is 1.95 bits per heavy atom. The molecule has 0 amide bonds. The Balaban J connectivity index is 1.83. The van der Waals surface area contributed by atoms with Crippen molar-refractivity contribution in [2.75, 3.05) is 13.7 Å². The number of hydrogen-bond acceptors (Lipinski definition) is 2. The zero-order valence-electron chi connectivity index (χ0n) is 12.2. The number of hydrogen-bond donors (Lipinski definition) is 0. The van der Waals surface area contributed by atoms with Crippen LogP contribution in [0.1, 0.15) is 11.1 Å². The first-order valence-electron chi connectivity index (χ1n) is 6.89. The van der Waals surface area contributed by atoms with Crippen molar-refractivity contribution in [3.05, 3.63) is 65.5 Å². The van der Waals surface area contributed by atoms with Crippen molar-refractivity contribution in [3.63, 3.8) is 0 Å². The zero-order valence-corrected chi connectivity index (χ0v) is 12.2. The lowest BCUT2D eigenvalue weighted by Crippen LogP contribution is -2.25. The highest BCUT2D eigenvalue weighted by Crippen LogP contribution is 2.30. The predicted octanol–water partition coefficient (Wildman–Crippen LogP) is 3.01. The normalized spacial score (nSPS) is 13.5. The molecular weight excluding hydrogens is 262 g/mol. The number of aryl methyl sites for hydroxylation is 1. The lowest BCUT2D eigenvalue weighted by atomic mass is 10.1. The Bertz CT molecular complexity index is 700. The van der Waals surface area contributed by atoms with Gasteiger partial charge in [0.15, 0.2) is 12.4 Å². The van der Waals surface area contributed by atoms with E-state index in [2.05, 4.69) is 30.4 Å². The fourth-order valence-corrected chi connectivity index (χ4v) is 2.22. The molecule has 0 unspecified atom stereocenters. The molecule has 1 aromatic heterocycles. The van der Waals surface area contributed by atoms with Crippen LogP contribution in [-0.4, -0.2) is 13.7 Å². The SMILES string of the molecule is COc1ccc2c(c1)C=C(/C=C/c1cc[n+](C)cc1)CO2. The molecule has 0 bridgehead atoms. The van der Waals surface area contributed by atoms with Gasteiger partial charge in [-0.2, -0.15) is 0 Å². The molecule has 0 atom stereocenters. The van der Waals surface area contributed by atoms with Crippen molar-refractivity contribution in [1.29, 1.82) is 0 Å². The summed E-state index contributed by atoms with van der Waals surface area (Å²) in [5.74, 6) is 1.74. The molecule has 2 heterocycles. The van der Waals surface area contributed by atoms with E-state index in [-0.39, 0.29) is 0 Å². The van der Waals surface area contributed by atoms with Gasteiger partial charge in [0.05, 0.1) is 7.11 Å². The van der Waals surface area contributed by atoms with Crippen LogP contribution in [-0.2, 0) is 7.05 Å². The monoisotopic (exact) mass is 280 g/mol. The first-order valence-corrected chi connectivity index (χ1v) is 6.89. The van der Waals surface area contributed by atoms with Crippen LogP contribution in [0.4, 0.5) is 0 Å². The molecule has 3 heteroatoms. The molecular formula is C18H18NO2+. The van der Waals surface area contributed by atoms with Crippen LogP contribution in [0.25, 0.3) is 12.2 Å². The van der Waals surface area contributed by atoms with Gasteiger partial charge >= 0.3 is 0 Å². The van der Waals surface area contributed by atoms with Gasteiger partial charge in [-0.1, -0.05) is 12.2 Å². The fourth-order valence-electron chi connectivity index (χ4n) is 2.22. The number of fused-ring (bicyclic) bond motifs is 1. The maximum Gasteiger partial charge on any atom is 0.169 e. The van der Waals surface area contributed by atoms with Crippen molar-refractivity contribution in [2.24, 2.45) is 7.05 Å². The third-order valence-corrected chi connectivity index (χ3v) is 3.45. The summed E-state index contributed by atoms with van der Waals surface area (Å²) in [6.07, 6.45) is 10.4. The Labute approximate surface area is 124 Å². The highest BCUT2D eigenvalue weighted by Gasteiger charge is 2.10. The first kappa shape index (κ1) is 13.4. The summed E-state index contributed by atoms with van der Waals surface area (Å²) in [4.78, 5) is 0. The molecule has 2 aromatic rings. The third kappa shape index (κ3) is 3.14. The molecule has 0 radical (unpaired) electrons. The van der Waals surface area contributed by atoms with E-state index in [9.17, 15) is 0 Å². The van der Waals surface area contributed by atoms with Crippen LogP contribution in [0.5, 0.6) is 11.5 Å². The van der Waals surface area contributed by atoms with E-state index in [1.807, 2.05) is 42.2 Å². The molecule has 0 spiro atoms. The molecule has 3 nitrogen and oxygen atoms in total. The minimum atomic E-state index is 0.594. The molecule has 3 rings (SSSR count). The number of rotatable bonds is 3. The summed E-state index contributed by atoms with van der Waals surface area (Å²) in [7, 11) is 3.68. The number of ether oxygens (including phenoxy) is 2. The minimum Gasteiger partial charge on any atom is -0.497 e. The second kappa shape index (κ2) is 5.83. The first-order chi connectivity index (χ1) is 10.2. The summed E-state index contributed by atoms with van der Waals surface area (Å²) >= 11 is 0. The van der Waals surface area contributed by atoms with Crippen LogP contribution < -0.4 is 14.0 Å². The van der Waals surface area contributed by atoms with Crippen molar-refractivity contribution in [1.82, 2.24) is 0 Å². The maximum atomic E-state index is 5.76. The number of benzene rings is 1. The van der Waals surface area contributed by atoms with Gasteiger partial charge in [0, 0.05) is 17.7 Å². The van der Waals surface area contributed by atoms with Crippen LogP contribution >= 0.6 is 0 Å². The smallest absolute Gasteiger partial charge is 0.169 e. The second-order valence-corrected chi connectivity index (χ2v) is 5.04. The van der Waals surface area contributed by atoms with Crippen LogP contribution in [0.15, 0.2) is 54.4 Å². The highest BCUT2D eigenvalue weighted by molar-refractivity contribution is 5.68. The van der Waals surface area contributed by atoms with Gasteiger partial charge in [-0.05, 0) is 35.4 Å². The summed E-state index contributed by atoms with van der Waals surface area (Å²) in [5, 5.41) is 0. The topological polar surface area (TPSA) is 22.3 Å². The van der Waals surface area contributed by atoms with Gasteiger partial charge in [0.1, 0.15) is 25.2 Å². The summed E-state index contributed by atoms with van der Waals surface area (Å²) < 4.78 is 13.0. The standard InChI is InChI=1S/C18H18NO2/c1-19-9-7-14(8-10-19)3-4-15-11-16-12-17(20-2)5-6-18(16)21-13-15/h3-12H,13H2,1-2H3/q+1/b4-3+. The number of aromatic nitrogens is 1. The van der Waals surface area contributed by atoms with Crippen LogP contribution in [0.3, 0.4) is 0 Å². The molecule has 0 fully saturated rings. The molecule has 0 saturated heterocycles. The molecule has 1 aliphatic heterocycles. The molecule has 1 aromatic carbocycles. The lowest BCUT2D eigenvalue weighted by Gasteiger charge is -2.16. The Morgan fingerprint density at radius 1 is 1.14 bits per heavy atom. The third-order valence-electron chi connectivity index (χ3n) is 3.45. The van der Waals surface area contributed by atoms with E-state index < -0.39 is 0 Å². The van der Waals surface area contributed by atoms with Crippen molar-refractivity contribution < 1.29 is 14.0 Å². The van der Waals surface area contributed by atoms with Gasteiger partial charge in [-0.3, -0.25) is 0 Å². The van der Waals surface area contributed by atoms with Crippen molar-refractivity contribution >= 4 is 12.2 Å². The van der Waals surface area contributed by atoms with Gasteiger partial charge in [0.2, 0.25) is 0 Å². The van der Waals surface area contributed by atoms with Crippen LogP contribution in [0, 0.1) is 0 Å². The number of nitrogens with zero attached hydrogens (tertiary/aromatic N) is 1. The van der Waals surface area contributed by atoms with E-state index in [1.54, 1.807) is 7.11 Å². The summed E-state index contributed by atoms with van der Waals surface area (Å²) in [6, 6.07) is 10.0. The highest BCUT2D eigenvalue weighted by atomic mass is 16.5. The van der Waals surface area contributed by atoms with Crippen LogP contribution in [0.2, 0.25) is 0 Å². The molecule has 1 aliphatic rings. The van der Waals surface area contributed by atoms with Gasteiger partial charge in [-0.25, -0.2) is 4.57 Å². The Morgan fingerprint density at radius 3 is 2.71 bits per heavy atom. The lowest BCUT2D eigenvalue weighted by molar-refractivity contribution is -0.671. The van der Waals surface area contributed by atoms with Crippen molar-refractivity contribution in [3.8, 4) is 11.5 Å². The molecule has 0 N–H and O–H groups in total. The maximum absolute atomic E-state index is 5.76. The largest absolute Gasteiger partial charge is 0.497 e. The quantitative estimate of drug-likeness (QED) is 0.806. The average molecular weight is 280 g/mol. The molecule has 0 saturated carbocycles. The number of methoxy groups -OCH3 is 1. The Kier molecular flexibility index (Phi) is 3.73.